The van der Waals surface area contributed by atoms with Crippen molar-refractivity contribution in [3.8, 4) is 17.2 Å². The van der Waals surface area contributed by atoms with Gasteiger partial charge in [0.1, 0.15) is 0 Å². The van der Waals surface area contributed by atoms with Crippen molar-refractivity contribution in [3.63, 3.8) is 0 Å². The third-order valence-electron chi connectivity index (χ3n) is 3.23. The van der Waals surface area contributed by atoms with Crippen LogP contribution in [0.3, 0.4) is 0 Å². The van der Waals surface area contributed by atoms with Crippen LogP contribution in [-0.2, 0) is 4.79 Å². The van der Waals surface area contributed by atoms with Crippen molar-refractivity contribution in [2.75, 3.05) is 25.6 Å². The van der Waals surface area contributed by atoms with Crippen LogP contribution in [-0.4, -0.2) is 31.2 Å². The van der Waals surface area contributed by atoms with Crippen molar-refractivity contribution < 1.29 is 19.0 Å². The van der Waals surface area contributed by atoms with Crippen LogP contribution in [0, 0.1) is 0 Å². The largest absolute Gasteiger partial charge is 0.493 e. The van der Waals surface area contributed by atoms with E-state index in [1.165, 1.54) is 6.08 Å². The van der Waals surface area contributed by atoms with Gasteiger partial charge < -0.3 is 19.5 Å². The Balaban J connectivity index is 2.08. The zero-order chi connectivity index (χ0) is 18.1. The van der Waals surface area contributed by atoms with E-state index in [0.717, 1.165) is 5.56 Å². The Morgan fingerprint density at radius 1 is 1.12 bits per heavy atom. The monoisotopic (exact) mass is 342 g/mol. The summed E-state index contributed by atoms with van der Waals surface area (Å²) in [5.74, 6) is 1.92. The molecule has 0 bridgehead atoms. The fraction of sp³-hybridized carbons (Fsp3) is 0.263. The van der Waals surface area contributed by atoms with Gasteiger partial charge in [-0.15, -0.1) is 0 Å². The van der Waals surface area contributed by atoms with Crippen molar-refractivity contribution in [2.45, 2.75) is 13.8 Å². The summed E-state index contributed by atoms with van der Waals surface area (Å²) in [7, 11) is 1.58. The highest BCUT2D eigenvalue weighted by Gasteiger charge is 2.07. The fourth-order valence-corrected chi connectivity index (χ4v) is 2.15. The molecule has 132 valence electrons. The molecule has 0 unspecified atom stereocenters. The third kappa shape index (κ3) is 5.24. The van der Waals surface area contributed by atoms with Gasteiger partial charge in [0.05, 0.1) is 20.3 Å². The smallest absolute Gasteiger partial charge is 0.249 e. The van der Waals surface area contributed by atoms with Crippen LogP contribution in [0.2, 0.25) is 0 Å². The molecule has 2 aromatic rings. The molecule has 0 spiro atoms. The molecule has 0 aliphatic heterocycles. The van der Waals surface area contributed by atoms with Gasteiger partial charge in [-0.05, 0) is 49.8 Å². The normalized spacial score (nSPS) is 10.5. The number of carbonyl (C=O) groups excluding carboxylic acids is 1. The second kappa shape index (κ2) is 9.32. The predicted octanol–water partition coefficient (Wildman–Crippen LogP) is 3.54. The number of anilines is 1. The maximum Gasteiger partial charge on any atom is 0.249 e. The summed E-state index contributed by atoms with van der Waals surface area (Å²) < 4.78 is 16.2. The molecular formula is C19H22N2O4. The highest BCUT2D eigenvalue weighted by Crippen LogP contribution is 2.28. The van der Waals surface area contributed by atoms with E-state index < -0.39 is 0 Å². The molecule has 0 saturated heterocycles. The van der Waals surface area contributed by atoms with Crippen molar-refractivity contribution in [1.82, 2.24) is 4.98 Å². The van der Waals surface area contributed by atoms with E-state index in [2.05, 4.69) is 10.3 Å². The second-order valence-electron chi connectivity index (χ2n) is 4.95. The summed E-state index contributed by atoms with van der Waals surface area (Å²) in [5.41, 5.74) is 0.821. The van der Waals surface area contributed by atoms with Crippen LogP contribution in [0.1, 0.15) is 19.4 Å². The van der Waals surface area contributed by atoms with E-state index in [-0.39, 0.29) is 5.91 Å². The summed E-state index contributed by atoms with van der Waals surface area (Å²) in [4.78, 5) is 16.2. The molecule has 6 heteroatoms. The fourth-order valence-electron chi connectivity index (χ4n) is 2.15. The zero-order valence-electron chi connectivity index (χ0n) is 14.6. The lowest BCUT2D eigenvalue weighted by Gasteiger charge is -2.10. The lowest BCUT2D eigenvalue weighted by Crippen LogP contribution is -2.10. The van der Waals surface area contributed by atoms with Gasteiger partial charge in [-0.3, -0.25) is 4.79 Å². The van der Waals surface area contributed by atoms with E-state index >= 15 is 0 Å². The van der Waals surface area contributed by atoms with E-state index in [1.54, 1.807) is 37.6 Å². The molecule has 1 aromatic carbocycles. The topological polar surface area (TPSA) is 69.7 Å². The molecular weight excluding hydrogens is 320 g/mol. The van der Waals surface area contributed by atoms with Gasteiger partial charge in [0.25, 0.3) is 0 Å². The Hall–Kier alpha value is -3.02. The lowest BCUT2D eigenvalue weighted by molar-refractivity contribution is -0.111. The Morgan fingerprint density at radius 3 is 2.60 bits per heavy atom. The van der Waals surface area contributed by atoms with Crippen molar-refractivity contribution >= 4 is 17.8 Å². The second-order valence-corrected chi connectivity index (χ2v) is 4.95. The number of rotatable bonds is 8. The molecule has 1 heterocycles. The quantitative estimate of drug-likeness (QED) is 0.743. The molecule has 2 rings (SSSR count). The van der Waals surface area contributed by atoms with Crippen molar-refractivity contribution in [3.05, 3.63) is 48.2 Å². The molecule has 1 amide bonds. The van der Waals surface area contributed by atoms with E-state index in [4.69, 9.17) is 14.2 Å². The number of carbonyl (C=O) groups is 1. The standard InChI is InChI=1S/C19H22N2O4/c1-4-24-15-10-8-14(13-17(15)23-3)9-11-18(22)21-19-16(25-5-2)7-6-12-20-19/h6-13H,4-5H2,1-3H3,(H,20,21,22)/b11-9+. The van der Waals surface area contributed by atoms with Crippen molar-refractivity contribution in [1.29, 1.82) is 0 Å². The summed E-state index contributed by atoms with van der Waals surface area (Å²) in [6, 6.07) is 8.98. The molecule has 25 heavy (non-hydrogen) atoms. The summed E-state index contributed by atoms with van der Waals surface area (Å²) >= 11 is 0. The Morgan fingerprint density at radius 2 is 1.88 bits per heavy atom. The number of hydrogen-bond acceptors (Lipinski definition) is 5. The Bertz CT molecular complexity index is 744. The maximum atomic E-state index is 12.1. The third-order valence-corrected chi connectivity index (χ3v) is 3.23. The summed E-state index contributed by atoms with van der Waals surface area (Å²) in [5, 5.41) is 2.71. The average molecular weight is 342 g/mol. The minimum absolute atomic E-state index is 0.299. The van der Waals surface area contributed by atoms with E-state index in [9.17, 15) is 4.79 Å². The van der Waals surface area contributed by atoms with Crippen LogP contribution in [0.5, 0.6) is 17.2 Å². The van der Waals surface area contributed by atoms with Crippen LogP contribution in [0.4, 0.5) is 5.82 Å². The number of benzene rings is 1. The molecule has 1 aromatic heterocycles. The molecule has 0 aliphatic carbocycles. The molecule has 1 N–H and O–H groups in total. The van der Waals surface area contributed by atoms with Crippen LogP contribution < -0.4 is 19.5 Å². The first-order valence-corrected chi connectivity index (χ1v) is 8.05. The van der Waals surface area contributed by atoms with Gasteiger partial charge >= 0.3 is 0 Å². The van der Waals surface area contributed by atoms with Crippen LogP contribution >= 0.6 is 0 Å². The average Bonchev–Trinajstić information content (AvgIpc) is 2.63. The molecule has 6 nitrogen and oxygen atoms in total. The Labute approximate surface area is 147 Å². The number of ether oxygens (including phenoxy) is 3. The number of aromatic nitrogens is 1. The van der Waals surface area contributed by atoms with Gasteiger partial charge in [0.15, 0.2) is 23.1 Å². The first kappa shape index (κ1) is 18.3. The zero-order valence-corrected chi connectivity index (χ0v) is 14.6. The number of nitrogens with zero attached hydrogens (tertiary/aromatic N) is 1. The van der Waals surface area contributed by atoms with E-state index in [0.29, 0.717) is 36.3 Å². The molecule has 0 atom stereocenters. The number of amides is 1. The molecule has 0 fully saturated rings. The first-order chi connectivity index (χ1) is 12.2. The van der Waals surface area contributed by atoms with Crippen LogP contribution in [0.15, 0.2) is 42.6 Å². The molecule has 0 aliphatic rings. The van der Waals surface area contributed by atoms with Gasteiger partial charge in [0.2, 0.25) is 5.91 Å². The van der Waals surface area contributed by atoms with Gasteiger partial charge in [0, 0.05) is 12.3 Å². The maximum absolute atomic E-state index is 12.1. The number of pyridine rings is 1. The van der Waals surface area contributed by atoms with E-state index in [1.807, 2.05) is 26.0 Å². The highest BCUT2D eigenvalue weighted by atomic mass is 16.5. The van der Waals surface area contributed by atoms with Crippen molar-refractivity contribution in [2.24, 2.45) is 0 Å². The first-order valence-electron chi connectivity index (χ1n) is 8.05. The Kier molecular flexibility index (Phi) is 6.83. The van der Waals surface area contributed by atoms with Gasteiger partial charge in [-0.2, -0.15) is 0 Å². The van der Waals surface area contributed by atoms with Gasteiger partial charge in [-0.25, -0.2) is 4.98 Å². The van der Waals surface area contributed by atoms with Crippen LogP contribution in [0.25, 0.3) is 6.08 Å². The minimum atomic E-state index is -0.299. The SMILES string of the molecule is CCOc1ccc(/C=C/C(=O)Nc2ncccc2OCC)cc1OC. The number of nitrogens with one attached hydrogen (secondary N) is 1. The lowest BCUT2D eigenvalue weighted by atomic mass is 10.2. The highest BCUT2D eigenvalue weighted by molar-refractivity contribution is 6.02. The summed E-state index contributed by atoms with van der Waals surface area (Å²) in [6.45, 7) is 4.83. The molecule has 0 saturated carbocycles. The number of hydrogen-bond donors (Lipinski definition) is 1. The minimum Gasteiger partial charge on any atom is -0.493 e. The number of methoxy groups -OCH3 is 1. The summed E-state index contributed by atoms with van der Waals surface area (Å²) in [6.07, 6.45) is 4.72. The van der Waals surface area contributed by atoms with Gasteiger partial charge in [-0.1, -0.05) is 6.07 Å². The molecule has 0 radical (unpaired) electrons. The predicted molar refractivity (Wildman–Crippen MR) is 97.2 cm³/mol.